The van der Waals surface area contributed by atoms with Crippen molar-refractivity contribution in [2.24, 2.45) is 7.05 Å². The van der Waals surface area contributed by atoms with Crippen LogP contribution in [0.15, 0.2) is 24.3 Å². The Morgan fingerprint density at radius 3 is 2.53 bits per heavy atom. The summed E-state index contributed by atoms with van der Waals surface area (Å²) in [6.45, 7) is 8.58. The summed E-state index contributed by atoms with van der Waals surface area (Å²) in [5.74, 6) is 0. The molecule has 1 aromatic heterocycles. The van der Waals surface area contributed by atoms with E-state index in [2.05, 4.69) is 62.4 Å². The van der Waals surface area contributed by atoms with Crippen molar-refractivity contribution in [1.29, 1.82) is 0 Å². The van der Waals surface area contributed by atoms with Gasteiger partial charge in [-0.25, -0.2) is 0 Å². The number of hydrogen-bond donors (Lipinski definition) is 1. The third kappa shape index (κ3) is 2.65. The van der Waals surface area contributed by atoms with E-state index in [9.17, 15) is 0 Å². The predicted molar refractivity (Wildman–Crippen MR) is 80.5 cm³/mol. The van der Waals surface area contributed by atoms with Crippen molar-refractivity contribution in [2.75, 3.05) is 5.32 Å². The first-order valence-electron chi connectivity index (χ1n) is 6.89. The number of hydrogen-bond acceptors (Lipinski definition) is 2. The summed E-state index contributed by atoms with van der Waals surface area (Å²) in [6, 6.07) is 8.77. The standard InChI is InChI=1S/C16H23N3/c1-6-14-9-7-8-10-15(14)17-11(2)16-12(3)18-19(5)13(16)4/h7-11,17H,6H2,1-5H3. The van der Waals surface area contributed by atoms with Crippen molar-refractivity contribution in [1.82, 2.24) is 9.78 Å². The first kappa shape index (κ1) is 13.7. The highest BCUT2D eigenvalue weighted by molar-refractivity contribution is 5.53. The molecule has 2 rings (SSSR count). The fraction of sp³-hybridized carbons (Fsp3) is 0.438. The van der Waals surface area contributed by atoms with Gasteiger partial charge in [-0.15, -0.1) is 0 Å². The summed E-state index contributed by atoms with van der Waals surface area (Å²) >= 11 is 0. The van der Waals surface area contributed by atoms with Crippen molar-refractivity contribution in [2.45, 2.75) is 40.2 Å². The van der Waals surface area contributed by atoms with Gasteiger partial charge in [0.05, 0.1) is 11.7 Å². The first-order chi connectivity index (χ1) is 9.04. The van der Waals surface area contributed by atoms with Gasteiger partial charge >= 0.3 is 0 Å². The summed E-state index contributed by atoms with van der Waals surface area (Å²) < 4.78 is 1.95. The minimum atomic E-state index is 0.265. The summed E-state index contributed by atoms with van der Waals surface area (Å²) in [5, 5.41) is 8.11. The third-order valence-electron chi connectivity index (χ3n) is 3.77. The van der Waals surface area contributed by atoms with Gasteiger partial charge in [0, 0.05) is 24.0 Å². The van der Waals surface area contributed by atoms with E-state index < -0.39 is 0 Å². The molecule has 0 aliphatic heterocycles. The minimum absolute atomic E-state index is 0.265. The molecule has 0 fully saturated rings. The lowest BCUT2D eigenvalue weighted by Gasteiger charge is -2.18. The van der Waals surface area contributed by atoms with Gasteiger partial charge in [0.25, 0.3) is 0 Å². The van der Waals surface area contributed by atoms with Gasteiger partial charge in [0.15, 0.2) is 0 Å². The van der Waals surface area contributed by atoms with Crippen LogP contribution < -0.4 is 5.32 Å². The maximum absolute atomic E-state index is 4.49. The minimum Gasteiger partial charge on any atom is -0.378 e. The first-order valence-corrected chi connectivity index (χ1v) is 6.89. The molecule has 1 atom stereocenters. The van der Waals surface area contributed by atoms with Crippen LogP contribution in [0.2, 0.25) is 0 Å². The van der Waals surface area contributed by atoms with Gasteiger partial charge in [-0.05, 0) is 38.8 Å². The average molecular weight is 257 g/mol. The summed E-state index contributed by atoms with van der Waals surface area (Å²) in [6.07, 6.45) is 1.04. The second-order valence-electron chi connectivity index (χ2n) is 5.08. The monoisotopic (exact) mass is 257 g/mol. The number of nitrogens with one attached hydrogen (secondary N) is 1. The average Bonchev–Trinajstić information content (AvgIpc) is 2.64. The van der Waals surface area contributed by atoms with E-state index >= 15 is 0 Å². The number of nitrogens with zero attached hydrogens (tertiary/aromatic N) is 2. The second-order valence-corrected chi connectivity index (χ2v) is 5.08. The van der Waals surface area contributed by atoms with Crippen molar-refractivity contribution >= 4 is 5.69 Å². The van der Waals surface area contributed by atoms with E-state index in [4.69, 9.17) is 0 Å². The van der Waals surface area contributed by atoms with E-state index in [1.54, 1.807) is 0 Å². The SMILES string of the molecule is CCc1ccccc1NC(C)c1c(C)nn(C)c1C. The Morgan fingerprint density at radius 1 is 1.26 bits per heavy atom. The molecule has 1 aromatic carbocycles. The lowest BCUT2D eigenvalue weighted by molar-refractivity contribution is 0.728. The molecule has 19 heavy (non-hydrogen) atoms. The van der Waals surface area contributed by atoms with Gasteiger partial charge in [-0.1, -0.05) is 25.1 Å². The van der Waals surface area contributed by atoms with E-state index in [1.807, 2.05) is 11.7 Å². The number of rotatable bonds is 4. The van der Waals surface area contributed by atoms with Crippen LogP contribution in [-0.2, 0) is 13.5 Å². The Kier molecular flexibility index (Phi) is 3.93. The number of benzene rings is 1. The molecule has 0 radical (unpaired) electrons. The molecule has 0 aliphatic rings. The molecule has 1 unspecified atom stereocenters. The van der Waals surface area contributed by atoms with Gasteiger partial charge in [0.1, 0.15) is 0 Å². The molecule has 1 N–H and O–H groups in total. The second kappa shape index (κ2) is 5.47. The normalized spacial score (nSPS) is 12.5. The van der Waals surface area contributed by atoms with E-state index in [0.29, 0.717) is 0 Å². The fourth-order valence-corrected chi connectivity index (χ4v) is 2.69. The largest absolute Gasteiger partial charge is 0.378 e. The molecule has 0 spiro atoms. The summed E-state index contributed by atoms with van der Waals surface area (Å²) in [5.41, 5.74) is 6.21. The van der Waals surface area contributed by atoms with Crippen molar-refractivity contribution in [3.63, 3.8) is 0 Å². The Bertz CT molecular complexity index is 569. The third-order valence-corrected chi connectivity index (χ3v) is 3.77. The lowest BCUT2D eigenvalue weighted by Crippen LogP contribution is -2.10. The Hall–Kier alpha value is -1.77. The van der Waals surface area contributed by atoms with E-state index in [-0.39, 0.29) is 6.04 Å². The van der Waals surface area contributed by atoms with E-state index in [1.165, 1.54) is 22.5 Å². The number of aromatic nitrogens is 2. The topological polar surface area (TPSA) is 29.9 Å². The highest BCUT2D eigenvalue weighted by atomic mass is 15.3. The molecule has 0 saturated carbocycles. The number of para-hydroxylation sites is 1. The highest BCUT2D eigenvalue weighted by Gasteiger charge is 2.16. The molecule has 0 aliphatic carbocycles. The molecule has 2 aromatic rings. The van der Waals surface area contributed by atoms with Crippen molar-refractivity contribution in [3.8, 4) is 0 Å². The highest BCUT2D eigenvalue weighted by Crippen LogP contribution is 2.26. The fourth-order valence-electron chi connectivity index (χ4n) is 2.69. The van der Waals surface area contributed by atoms with Gasteiger partial charge in [-0.2, -0.15) is 5.10 Å². The van der Waals surface area contributed by atoms with Crippen LogP contribution in [0.1, 0.15) is 42.4 Å². The Balaban J connectivity index is 2.28. The van der Waals surface area contributed by atoms with Crippen LogP contribution in [0.4, 0.5) is 5.69 Å². The van der Waals surface area contributed by atoms with Gasteiger partial charge < -0.3 is 5.32 Å². The molecule has 3 heteroatoms. The molecule has 0 bridgehead atoms. The van der Waals surface area contributed by atoms with Crippen LogP contribution >= 0.6 is 0 Å². The Morgan fingerprint density at radius 2 is 1.95 bits per heavy atom. The predicted octanol–water partition coefficient (Wildman–Crippen LogP) is 3.77. The van der Waals surface area contributed by atoms with Crippen molar-refractivity contribution < 1.29 is 0 Å². The van der Waals surface area contributed by atoms with Crippen LogP contribution in [0, 0.1) is 13.8 Å². The van der Waals surface area contributed by atoms with Crippen LogP contribution in [0.5, 0.6) is 0 Å². The molecule has 0 saturated heterocycles. The van der Waals surface area contributed by atoms with Gasteiger partial charge in [-0.3, -0.25) is 4.68 Å². The lowest BCUT2D eigenvalue weighted by atomic mass is 10.0. The maximum atomic E-state index is 4.49. The quantitative estimate of drug-likeness (QED) is 0.903. The molecule has 0 amide bonds. The zero-order valence-electron chi connectivity index (χ0n) is 12.5. The van der Waals surface area contributed by atoms with Crippen molar-refractivity contribution in [3.05, 3.63) is 46.8 Å². The van der Waals surface area contributed by atoms with E-state index in [0.717, 1.165) is 12.1 Å². The molecular weight excluding hydrogens is 234 g/mol. The summed E-state index contributed by atoms with van der Waals surface area (Å²) in [7, 11) is 2.00. The maximum Gasteiger partial charge on any atom is 0.0649 e. The molecular formula is C16H23N3. The van der Waals surface area contributed by atoms with Crippen LogP contribution in [0.3, 0.4) is 0 Å². The zero-order valence-corrected chi connectivity index (χ0v) is 12.5. The Labute approximate surface area is 115 Å². The zero-order chi connectivity index (χ0) is 14.0. The van der Waals surface area contributed by atoms with Crippen LogP contribution in [0.25, 0.3) is 0 Å². The summed E-state index contributed by atoms with van der Waals surface area (Å²) in [4.78, 5) is 0. The number of anilines is 1. The van der Waals surface area contributed by atoms with Gasteiger partial charge in [0.2, 0.25) is 0 Å². The van der Waals surface area contributed by atoms with Crippen LogP contribution in [-0.4, -0.2) is 9.78 Å². The molecule has 1 heterocycles. The smallest absolute Gasteiger partial charge is 0.0649 e. The molecule has 3 nitrogen and oxygen atoms in total. The number of aryl methyl sites for hydroxylation is 3. The molecule has 102 valence electrons.